The Morgan fingerprint density at radius 2 is 1.05 bits per heavy atom. The number of hydrogen-bond donors (Lipinski definition) is 0. The van der Waals surface area contributed by atoms with Gasteiger partial charge in [-0.1, -0.05) is 88.7 Å². The second kappa shape index (κ2) is 6.43. The first kappa shape index (κ1) is 18.1. The first-order chi connectivity index (χ1) is 9.21. The Morgan fingerprint density at radius 1 is 0.667 bits per heavy atom. The summed E-state index contributed by atoms with van der Waals surface area (Å²) in [4.78, 5) is 0. The van der Waals surface area contributed by atoms with Gasteiger partial charge in [0.05, 0.1) is 0 Å². The third-order valence-electron chi connectivity index (χ3n) is 3.68. The van der Waals surface area contributed by atoms with Crippen molar-refractivity contribution in [2.24, 2.45) is 0 Å². The molecule has 0 saturated carbocycles. The smallest absolute Gasteiger partial charge is 0.333 e. The van der Waals surface area contributed by atoms with Crippen LogP contribution in [0, 0.1) is 6.92 Å². The van der Waals surface area contributed by atoms with Crippen molar-refractivity contribution < 1.29 is 18.9 Å². The molecule has 0 aromatic heterocycles. The fraction of sp³-hybridized carbons (Fsp3) is 0.350. The first-order valence-corrected chi connectivity index (χ1v) is 7.26. The maximum Gasteiger partial charge on any atom is 1.00 e. The Balaban J connectivity index is 0.00000220. The summed E-state index contributed by atoms with van der Waals surface area (Å²) >= 11 is 0. The largest absolute Gasteiger partial charge is 1.00 e. The van der Waals surface area contributed by atoms with Gasteiger partial charge in [0, 0.05) is 0 Å². The van der Waals surface area contributed by atoms with Crippen LogP contribution in [0.4, 0.5) is 0 Å². The summed E-state index contributed by atoms with van der Waals surface area (Å²) < 4.78 is 0. The normalized spacial score (nSPS) is 11.9. The topological polar surface area (TPSA) is 0 Å². The van der Waals surface area contributed by atoms with Crippen LogP contribution in [-0.4, -0.2) is 0 Å². The number of benzene rings is 2. The van der Waals surface area contributed by atoms with Crippen LogP contribution in [0.25, 0.3) is 11.1 Å². The number of rotatable bonds is 2. The van der Waals surface area contributed by atoms with E-state index >= 15 is 0 Å². The van der Waals surface area contributed by atoms with Gasteiger partial charge in [0.25, 0.3) is 0 Å². The molecule has 0 atom stereocenters. The van der Waals surface area contributed by atoms with Gasteiger partial charge in [-0.05, 0) is 22.1 Å². The molecule has 0 radical (unpaired) electrons. The van der Waals surface area contributed by atoms with Crippen LogP contribution >= 0.6 is 0 Å². The summed E-state index contributed by atoms with van der Waals surface area (Å²) in [6.45, 7) is 15.5. The minimum Gasteiger partial charge on any atom is -0.333 e. The van der Waals surface area contributed by atoms with Gasteiger partial charge in [-0.25, -0.2) is 0 Å². The predicted octanol–water partition coefficient (Wildman–Crippen LogP) is 2.77. The zero-order valence-electron chi connectivity index (χ0n) is 14.3. The summed E-state index contributed by atoms with van der Waals surface area (Å²) in [6.07, 6.45) is 0. The second-order valence-electron chi connectivity index (χ2n) is 7.23. The molecule has 21 heavy (non-hydrogen) atoms. The molecule has 0 fully saturated rings. The van der Waals surface area contributed by atoms with Crippen molar-refractivity contribution in [1.82, 2.24) is 0 Å². The van der Waals surface area contributed by atoms with Gasteiger partial charge in [0.1, 0.15) is 0 Å². The van der Waals surface area contributed by atoms with Crippen molar-refractivity contribution in [3.8, 4) is 11.1 Å². The van der Waals surface area contributed by atoms with Crippen LogP contribution in [0.5, 0.6) is 0 Å². The predicted molar refractivity (Wildman–Crippen MR) is 89.0 cm³/mol. The van der Waals surface area contributed by atoms with Crippen LogP contribution in [0.2, 0.25) is 0 Å². The van der Waals surface area contributed by atoms with Crippen LogP contribution in [0.15, 0.2) is 48.5 Å². The Hall–Kier alpha value is -0.963. The minimum atomic E-state index is -0.0956. The average Bonchev–Trinajstić information content (AvgIpc) is 2.37. The van der Waals surface area contributed by atoms with E-state index in [4.69, 9.17) is 0 Å². The summed E-state index contributed by atoms with van der Waals surface area (Å²) in [7, 11) is 0. The molecular weight excluding hydrogens is 247 g/mol. The molecular formula is C20H25Li. The molecule has 0 spiro atoms. The monoisotopic (exact) mass is 272 g/mol. The summed E-state index contributed by atoms with van der Waals surface area (Å²) in [6, 6.07) is 17.3. The third-order valence-corrected chi connectivity index (χ3v) is 3.68. The van der Waals surface area contributed by atoms with Crippen molar-refractivity contribution in [3.05, 3.63) is 66.6 Å². The SMILES string of the molecule is [CH2-]C(C)(C)c1ccccc1-c1ccccc1C(C)(C)C.[Li+]. The van der Waals surface area contributed by atoms with E-state index in [0.29, 0.717) is 0 Å². The van der Waals surface area contributed by atoms with Crippen molar-refractivity contribution >= 4 is 0 Å². The molecule has 0 N–H and O–H groups in total. The standard InChI is InChI=1S/C20H25.Li/c1-19(2,3)17-13-9-7-11-15(17)16-12-8-10-14-18(16)20(4,5)6;/h7-14H,1H2,2-6H3;/q-1;+1. The molecule has 0 aliphatic heterocycles. The van der Waals surface area contributed by atoms with E-state index in [-0.39, 0.29) is 29.7 Å². The van der Waals surface area contributed by atoms with Crippen LogP contribution in [-0.2, 0) is 10.8 Å². The fourth-order valence-corrected chi connectivity index (χ4v) is 2.68. The Bertz CT molecular complexity index is 542. The Morgan fingerprint density at radius 3 is 1.48 bits per heavy atom. The van der Waals surface area contributed by atoms with Gasteiger partial charge in [-0.2, -0.15) is 0 Å². The van der Waals surface area contributed by atoms with Crippen LogP contribution in [0.3, 0.4) is 0 Å². The molecule has 2 rings (SSSR count). The molecule has 106 valence electrons. The van der Waals surface area contributed by atoms with E-state index in [0.717, 1.165) is 0 Å². The van der Waals surface area contributed by atoms with Crippen molar-refractivity contribution in [3.63, 3.8) is 0 Å². The first-order valence-electron chi connectivity index (χ1n) is 7.26. The molecule has 0 bridgehead atoms. The molecule has 2 aromatic rings. The maximum absolute atomic E-state index is 4.32. The van der Waals surface area contributed by atoms with E-state index in [1.54, 1.807) is 0 Å². The van der Waals surface area contributed by atoms with Crippen molar-refractivity contribution in [2.45, 2.75) is 45.4 Å². The van der Waals surface area contributed by atoms with E-state index in [9.17, 15) is 0 Å². The third kappa shape index (κ3) is 4.03. The van der Waals surface area contributed by atoms with Gasteiger partial charge in [0.2, 0.25) is 0 Å². The minimum absolute atomic E-state index is 0. The Kier molecular flexibility index (Phi) is 5.54. The van der Waals surface area contributed by atoms with Crippen molar-refractivity contribution in [1.29, 1.82) is 0 Å². The van der Waals surface area contributed by atoms with E-state index in [2.05, 4.69) is 90.1 Å². The molecule has 2 aromatic carbocycles. The number of hydrogen-bond acceptors (Lipinski definition) is 0. The van der Waals surface area contributed by atoms with Gasteiger partial charge < -0.3 is 6.92 Å². The van der Waals surface area contributed by atoms with Crippen LogP contribution in [0.1, 0.15) is 45.7 Å². The molecule has 0 amide bonds. The molecule has 0 aliphatic rings. The molecule has 0 aliphatic carbocycles. The van der Waals surface area contributed by atoms with E-state index < -0.39 is 0 Å². The van der Waals surface area contributed by atoms with Gasteiger partial charge in [-0.15, -0.1) is 5.41 Å². The summed E-state index contributed by atoms with van der Waals surface area (Å²) in [5.74, 6) is 0. The fourth-order valence-electron chi connectivity index (χ4n) is 2.68. The van der Waals surface area contributed by atoms with E-state index in [1.165, 1.54) is 22.3 Å². The van der Waals surface area contributed by atoms with E-state index in [1.807, 2.05) is 0 Å². The van der Waals surface area contributed by atoms with Crippen LogP contribution < -0.4 is 18.9 Å². The zero-order valence-corrected chi connectivity index (χ0v) is 14.3. The average molecular weight is 272 g/mol. The molecule has 1 heteroatoms. The Labute approximate surface area is 142 Å². The maximum atomic E-state index is 4.32. The van der Waals surface area contributed by atoms with Gasteiger partial charge in [0.15, 0.2) is 0 Å². The van der Waals surface area contributed by atoms with Crippen molar-refractivity contribution in [2.75, 3.05) is 0 Å². The quantitative estimate of drug-likeness (QED) is 0.582. The van der Waals surface area contributed by atoms with Gasteiger partial charge in [-0.3, -0.25) is 0 Å². The zero-order chi connectivity index (χ0) is 15.0. The van der Waals surface area contributed by atoms with Gasteiger partial charge >= 0.3 is 18.9 Å². The summed E-state index contributed by atoms with van der Waals surface area (Å²) in [5.41, 5.74) is 5.36. The summed E-state index contributed by atoms with van der Waals surface area (Å²) in [5, 5.41) is 0. The molecule has 0 nitrogen and oxygen atoms in total. The molecule has 0 unspecified atom stereocenters. The molecule has 0 heterocycles. The molecule has 0 saturated heterocycles. The second-order valence-corrected chi connectivity index (χ2v) is 7.23.